The molecule has 2 N–H and O–H groups in total. The summed E-state index contributed by atoms with van der Waals surface area (Å²) in [5, 5.41) is 6.69. The SMILES string of the molecule is CCNC(=NCc1ccccc1OCCN1CCOCC1)NCCCOCC(C)C.I. The number of hydrogen-bond donors (Lipinski definition) is 2. The standard InChI is InChI=1S/C23H40N4O3.HI/c1-4-24-23(25-10-7-14-29-19-20(2)3)26-18-21-8-5-6-9-22(21)30-17-13-27-11-15-28-16-12-27;/h5-6,8-9,20H,4,7,10-19H2,1-3H3,(H2,24,25,26);1H. The number of nitrogens with zero attached hydrogens (tertiary/aromatic N) is 2. The summed E-state index contributed by atoms with van der Waals surface area (Å²) in [4.78, 5) is 7.11. The van der Waals surface area contributed by atoms with Crippen LogP contribution in [0.3, 0.4) is 0 Å². The lowest BCUT2D eigenvalue weighted by Gasteiger charge is -2.26. The van der Waals surface area contributed by atoms with E-state index >= 15 is 0 Å². The average molecular weight is 549 g/mol. The monoisotopic (exact) mass is 548 g/mol. The van der Waals surface area contributed by atoms with E-state index in [0.717, 1.165) is 82.8 Å². The first-order valence-electron chi connectivity index (χ1n) is 11.3. The number of rotatable bonds is 13. The van der Waals surface area contributed by atoms with Crippen molar-refractivity contribution in [1.82, 2.24) is 15.5 Å². The van der Waals surface area contributed by atoms with Gasteiger partial charge in [0.1, 0.15) is 12.4 Å². The van der Waals surface area contributed by atoms with Crippen molar-refractivity contribution in [2.75, 3.05) is 65.8 Å². The van der Waals surface area contributed by atoms with Crippen LogP contribution in [0.5, 0.6) is 5.75 Å². The maximum absolute atomic E-state index is 6.07. The fourth-order valence-corrected chi connectivity index (χ4v) is 3.09. The molecule has 0 spiro atoms. The third-order valence-electron chi connectivity index (χ3n) is 4.70. The summed E-state index contributed by atoms with van der Waals surface area (Å²) in [6, 6.07) is 8.15. The predicted octanol–water partition coefficient (Wildman–Crippen LogP) is 3.13. The van der Waals surface area contributed by atoms with Crippen LogP contribution < -0.4 is 15.4 Å². The van der Waals surface area contributed by atoms with Gasteiger partial charge in [0.25, 0.3) is 0 Å². The summed E-state index contributed by atoms with van der Waals surface area (Å²) in [5.74, 6) is 2.31. The second kappa shape index (κ2) is 17.5. The molecule has 1 heterocycles. The third kappa shape index (κ3) is 12.5. The van der Waals surface area contributed by atoms with Crippen LogP contribution in [-0.4, -0.2) is 76.6 Å². The van der Waals surface area contributed by atoms with E-state index in [1.165, 1.54) is 0 Å². The Kier molecular flexibility index (Phi) is 15.7. The highest BCUT2D eigenvalue weighted by Crippen LogP contribution is 2.19. The van der Waals surface area contributed by atoms with Gasteiger partial charge in [-0.05, 0) is 25.3 Å². The van der Waals surface area contributed by atoms with E-state index in [2.05, 4.69) is 42.4 Å². The van der Waals surface area contributed by atoms with Gasteiger partial charge in [-0.1, -0.05) is 32.0 Å². The third-order valence-corrected chi connectivity index (χ3v) is 4.70. The van der Waals surface area contributed by atoms with Gasteiger partial charge in [-0.15, -0.1) is 24.0 Å². The Morgan fingerprint density at radius 2 is 1.94 bits per heavy atom. The Bertz CT molecular complexity index is 610. The highest BCUT2D eigenvalue weighted by molar-refractivity contribution is 14.0. The van der Waals surface area contributed by atoms with Crippen molar-refractivity contribution < 1.29 is 14.2 Å². The number of aliphatic imine (C=N–C) groups is 1. The lowest BCUT2D eigenvalue weighted by atomic mass is 10.2. The maximum atomic E-state index is 6.07. The molecule has 1 aromatic rings. The van der Waals surface area contributed by atoms with Gasteiger partial charge in [-0.3, -0.25) is 4.90 Å². The van der Waals surface area contributed by atoms with Gasteiger partial charge in [0, 0.05) is 51.5 Å². The average Bonchev–Trinajstić information content (AvgIpc) is 2.75. The van der Waals surface area contributed by atoms with Gasteiger partial charge >= 0.3 is 0 Å². The van der Waals surface area contributed by atoms with Gasteiger partial charge in [-0.2, -0.15) is 0 Å². The number of nitrogens with one attached hydrogen (secondary N) is 2. The smallest absolute Gasteiger partial charge is 0.191 e. The lowest BCUT2D eigenvalue weighted by Crippen LogP contribution is -2.38. The van der Waals surface area contributed by atoms with Crippen molar-refractivity contribution >= 4 is 29.9 Å². The number of hydrogen-bond acceptors (Lipinski definition) is 5. The first-order valence-corrected chi connectivity index (χ1v) is 11.3. The predicted molar refractivity (Wildman–Crippen MR) is 138 cm³/mol. The largest absolute Gasteiger partial charge is 0.492 e. The molecule has 178 valence electrons. The number of para-hydroxylation sites is 1. The van der Waals surface area contributed by atoms with Crippen LogP contribution in [0.25, 0.3) is 0 Å². The zero-order chi connectivity index (χ0) is 21.4. The zero-order valence-corrected chi connectivity index (χ0v) is 21.7. The van der Waals surface area contributed by atoms with Crippen LogP contribution in [-0.2, 0) is 16.0 Å². The van der Waals surface area contributed by atoms with Gasteiger partial charge in [0.2, 0.25) is 0 Å². The number of benzene rings is 1. The molecular weight excluding hydrogens is 507 g/mol. The van der Waals surface area contributed by atoms with E-state index in [1.807, 2.05) is 18.2 Å². The first kappa shape index (κ1) is 27.9. The van der Waals surface area contributed by atoms with Crippen molar-refractivity contribution in [3.63, 3.8) is 0 Å². The molecule has 31 heavy (non-hydrogen) atoms. The van der Waals surface area contributed by atoms with E-state index in [-0.39, 0.29) is 24.0 Å². The number of guanidine groups is 1. The summed E-state index contributed by atoms with van der Waals surface area (Å²) < 4.78 is 17.1. The van der Waals surface area contributed by atoms with Gasteiger partial charge in [0.05, 0.1) is 19.8 Å². The quantitative estimate of drug-likeness (QED) is 0.171. The highest BCUT2D eigenvalue weighted by Gasteiger charge is 2.10. The van der Waals surface area contributed by atoms with Crippen LogP contribution in [0.1, 0.15) is 32.8 Å². The van der Waals surface area contributed by atoms with E-state index in [4.69, 9.17) is 19.2 Å². The first-order chi connectivity index (χ1) is 14.7. The van der Waals surface area contributed by atoms with Gasteiger partial charge in [0.15, 0.2) is 5.96 Å². The van der Waals surface area contributed by atoms with Crippen molar-refractivity contribution in [3.05, 3.63) is 29.8 Å². The Balaban J connectivity index is 0.00000480. The summed E-state index contributed by atoms with van der Waals surface area (Å²) in [7, 11) is 0. The van der Waals surface area contributed by atoms with E-state index in [9.17, 15) is 0 Å². The summed E-state index contributed by atoms with van der Waals surface area (Å²) in [5.41, 5.74) is 1.09. The van der Waals surface area contributed by atoms with Crippen LogP contribution in [0.4, 0.5) is 0 Å². The van der Waals surface area contributed by atoms with E-state index in [0.29, 0.717) is 19.1 Å². The molecule has 0 radical (unpaired) electrons. The Labute approximate surface area is 205 Å². The normalized spacial score (nSPS) is 14.9. The highest BCUT2D eigenvalue weighted by atomic mass is 127. The summed E-state index contributed by atoms with van der Waals surface area (Å²) in [6.07, 6.45) is 0.957. The molecule has 0 saturated carbocycles. The Hall–Kier alpha value is -1.10. The molecule has 7 nitrogen and oxygen atoms in total. The fraction of sp³-hybridized carbons (Fsp3) is 0.696. The van der Waals surface area contributed by atoms with Crippen molar-refractivity contribution in [1.29, 1.82) is 0 Å². The maximum Gasteiger partial charge on any atom is 0.191 e. The van der Waals surface area contributed by atoms with Gasteiger partial charge < -0.3 is 24.8 Å². The minimum absolute atomic E-state index is 0. The molecule has 0 aromatic heterocycles. The number of ether oxygens (including phenoxy) is 3. The molecule has 1 saturated heterocycles. The van der Waals surface area contributed by atoms with E-state index in [1.54, 1.807) is 0 Å². The molecule has 0 amide bonds. The minimum Gasteiger partial charge on any atom is -0.492 e. The minimum atomic E-state index is 0. The Morgan fingerprint density at radius 3 is 2.68 bits per heavy atom. The molecule has 1 aliphatic heterocycles. The second-order valence-electron chi connectivity index (χ2n) is 7.85. The number of halogens is 1. The van der Waals surface area contributed by atoms with Crippen molar-refractivity contribution in [3.8, 4) is 5.75 Å². The molecule has 0 unspecified atom stereocenters. The molecule has 0 bridgehead atoms. The summed E-state index contributed by atoms with van der Waals surface area (Å²) >= 11 is 0. The van der Waals surface area contributed by atoms with E-state index < -0.39 is 0 Å². The topological polar surface area (TPSA) is 67.4 Å². The summed E-state index contributed by atoms with van der Waals surface area (Å²) in [6.45, 7) is 15.4. The Morgan fingerprint density at radius 1 is 1.16 bits per heavy atom. The molecule has 1 fully saturated rings. The van der Waals surface area contributed by atoms with Crippen molar-refractivity contribution in [2.24, 2.45) is 10.9 Å². The lowest BCUT2D eigenvalue weighted by molar-refractivity contribution is 0.0322. The molecule has 1 aliphatic rings. The molecule has 2 rings (SSSR count). The molecule has 1 aromatic carbocycles. The van der Waals surface area contributed by atoms with Crippen LogP contribution in [0, 0.1) is 5.92 Å². The van der Waals surface area contributed by atoms with Crippen LogP contribution in [0.15, 0.2) is 29.3 Å². The second-order valence-corrected chi connectivity index (χ2v) is 7.85. The van der Waals surface area contributed by atoms with Gasteiger partial charge in [-0.25, -0.2) is 4.99 Å². The molecule has 0 atom stereocenters. The fourth-order valence-electron chi connectivity index (χ4n) is 3.09. The number of morpholine rings is 1. The molecular formula is C23H41IN4O3. The van der Waals surface area contributed by atoms with Crippen molar-refractivity contribution in [2.45, 2.75) is 33.7 Å². The molecule has 0 aliphatic carbocycles. The van der Waals surface area contributed by atoms with Crippen LogP contribution in [0.2, 0.25) is 0 Å². The zero-order valence-electron chi connectivity index (χ0n) is 19.4. The molecule has 8 heteroatoms. The van der Waals surface area contributed by atoms with Crippen LogP contribution >= 0.6 is 24.0 Å².